The molecule has 0 spiro atoms. The second-order valence-electron chi connectivity index (χ2n) is 7.87. The van der Waals surface area contributed by atoms with Crippen molar-refractivity contribution in [2.24, 2.45) is 0 Å². The Hall–Kier alpha value is -2.66. The van der Waals surface area contributed by atoms with Crippen molar-refractivity contribution in [3.05, 3.63) is 65.2 Å². The zero-order valence-corrected chi connectivity index (χ0v) is 17.9. The standard InChI is InChI=1S/C25H32N2O3/c1-2-24(28)22-11-13-23(14-12-22)30-19-25(29)26-17-20-7-9-21(10-8-20)18-27-15-5-3-4-6-16-27/h7-14H,2-6,15-19H2,1H3,(H,26,29). The van der Waals surface area contributed by atoms with Crippen LogP contribution in [0.25, 0.3) is 0 Å². The largest absolute Gasteiger partial charge is 0.484 e. The summed E-state index contributed by atoms with van der Waals surface area (Å²) in [6.07, 6.45) is 5.77. The van der Waals surface area contributed by atoms with Crippen LogP contribution in [0, 0.1) is 0 Å². The number of Topliss-reactive ketones (excluding diaryl/α,β-unsaturated/α-hetero) is 1. The maximum absolute atomic E-state index is 12.1. The van der Waals surface area contributed by atoms with Crippen LogP contribution >= 0.6 is 0 Å². The van der Waals surface area contributed by atoms with E-state index in [1.807, 2.05) is 6.92 Å². The molecule has 1 saturated heterocycles. The van der Waals surface area contributed by atoms with Gasteiger partial charge in [-0.1, -0.05) is 44.0 Å². The molecule has 0 aliphatic carbocycles. The van der Waals surface area contributed by atoms with E-state index < -0.39 is 0 Å². The first kappa shape index (κ1) is 22.0. The van der Waals surface area contributed by atoms with Gasteiger partial charge in [0, 0.05) is 25.1 Å². The highest BCUT2D eigenvalue weighted by Gasteiger charge is 2.10. The smallest absolute Gasteiger partial charge is 0.258 e. The van der Waals surface area contributed by atoms with Gasteiger partial charge in [0.25, 0.3) is 5.91 Å². The van der Waals surface area contributed by atoms with Crippen molar-refractivity contribution >= 4 is 11.7 Å². The molecule has 0 bridgehead atoms. The van der Waals surface area contributed by atoms with E-state index in [2.05, 4.69) is 34.5 Å². The highest BCUT2D eigenvalue weighted by atomic mass is 16.5. The van der Waals surface area contributed by atoms with E-state index >= 15 is 0 Å². The van der Waals surface area contributed by atoms with Crippen LogP contribution in [-0.4, -0.2) is 36.3 Å². The molecule has 1 amide bonds. The number of amides is 1. The van der Waals surface area contributed by atoms with Crippen molar-refractivity contribution in [2.75, 3.05) is 19.7 Å². The first-order valence-corrected chi connectivity index (χ1v) is 11.0. The van der Waals surface area contributed by atoms with Crippen molar-refractivity contribution in [2.45, 2.75) is 52.1 Å². The third-order valence-corrected chi connectivity index (χ3v) is 5.48. The Bertz CT molecular complexity index is 807. The predicted molar refractivity (Wildman–Crippen MR) is 119 cm³/mol. The molecule has 30 heavy (non-hydrogen) atoms. The molecule has 5 heteroatoms. The summed E-state index contributed by atoms with van der Waals surface area (Å²) in [5.74, 6) is 0.504. The van der Waals surface area contributed by atoms with Gasteiger partial charge in [-0.25, -0.2) is 0 Å². The van der Waals surface area contributed by atoms with Crippen molar-refractivity contribution in [1.29, 1.82) is 0 Å². The van der Waals surface area contributed by atoms with Crippen molar-refractivity contribution in [3.8, 4) is 5.75 Å². The number of ether oxygens (including phenoxy) is 1. The first-order valence-electron chi connectivity index (χ1n) is 11.0. The van der Waals surface area contributed by atoms with E-state index in [4.69, 9.17) is 4.74 Å². The second-order valence-corrected chi connectivity index (χ2v) is 7.87. The van der Waals surface area contributed by atoms with Gasteiger partial charge in [0.2, 0.25) is 0 Å². The summed E-state index contributed by atoms with van der Waals surface area (Å²) in [4.78, 5) is 26.2. The van der Waals surface area contributed by atoms with Gasteiger partial charge >= 0.3 is 0 Å². The normalized spacial score (nSPS) is 14.7. The molecule has 1 aliphatic heterocycles. The minimum absolute atomic E-state index is 0.0475. The molecule has 0 saturated carbocycles. The average molecular weight is 409 g/mol. The molecule has 0 aromatic heterocycles. The Morgan fingerprint density at radius 3 is 2.17 bits per heavy atom. The number of rotatable bonds is 9. The quantitative estimate of drug-likeness (QED) is 0.627. The lowest BCUT2D eigenvalue weighted by Crippen LogP contribution is -2.28. The molecule has 1 fully saturated rings. The minimum atomic E-state index is -0.169. The van der Waals surface area contributed by atoms with E-state index in [9.17, 15) is 9.59 Å². The monoisotopic (exact) mass is 408 g/mol. The lowest BCUT2D eigenvalue weighted by Gasteiger charge is -2.19. The van der Waals surface area contributed by atoms with Crippen molar-refractivity contribution in [3.63, 3.8) is 0 Å². The molecule has 1 aliphatic rings. The number of hydrogen-bond acceptors (Lipinski definition) is 4. The molecule has 0 unspecified atom stereocenters. The van der Waals surface area contributed by atoms with Gasteiger partial charge in [0.15, 0.2) is 12.4 Å². The molecule has 1 heterocycles. The van der Waals surface area contributed by atoms with Gasteiger partial charge in [-0.05, 0) is 61.3 Å². The number of carbonyl (C=O) groups excluding carboxylic acids is 2. The van der Waals surface area contributed by atoms with Gasteiger partial charge in [-0.3, -0.25) is 14.5 Å². The van der Waals surface area contributed by atoms with Crippen LogP contribution in [0.4, 0.5) is 0 Å². The summed E-state index contributed by atoms with van der Waals surface area (Å²) >= 11 is 0. The summed E-state index contributed by atoms with van der Waals surface area (Å²) in [5, 5.41) is 2.89. The summed E-state index contributed by atoms with van der Waals surface area (Å²) in [5.41, 5.74) is 3.05. The number of likely N-dealkylation sites (tertiary alicyclic amines) is 1. The van der Waals surface area contributed by atoms with E-state index in [-0.39, 0.29) is 18.3 Å². The Kier molecular flexibility index (Phi) is 8.45. The maximum Gasteiger partial charge on any atom is 0.258 e. The zero-order chi connectivity index (χ0) is 21.2. The van der Waals surface area contributed by atoms with Crippen LogP contribution in [0.3, 0.4) is 0 Å². The van der Waals surface area contributed by atoms with Crippen LogP contribution < -0.4 is 10.1 Å². The molecular weight excluding hydrogens is 376 g/mol. The van der Waals surface area contributed by atoms with Crippen molar-refractivity contribution < 1.29 is 14.3 Å². The Morgan fingerprint density at radius 1 is 0.900 bits per heavy atom. The number of carbonyl (C=O) groups is 2. The fourth-order valence-electron chi connectivity index (χ4n) is 3.66. The van der Waals surface area contributed by atoms with Gasteiger partial charge in [-0.2, -0.15) is 0 Å². The van der Waals surface area contributed by atoms with E-state index in [1.54, 1.807) is 24.3 Å². The van der Waals surface area contributed by atoms with Crippen LogP contribution in [0.1, 0.15) is 60.5 Å². The molecule has 3 rings (SSSR count). The molecule has 0 radical (unpaired) electrons. The maximum atomic E-state index is 12.1. The Balaban J connectivity index is 1.39. The van der Waals surface area contributed by atoms with Crippen molar-refractivity contribution in [1.82, 2.24) is 10.2 Å². The molecule has 2 aromatic carbocycles. The lowest BCUT2D eigenvalue weighted by molar-refractivity contribution is -0.123. The van der Waals surface area contributed by atoms with Gasteiger partial charge in [-0.15, -0.1) is 0 Å². The highest BCUT2D eigenvalue weighted by molar-refractivity contribution is 5.95. The fourth-order valence-corrected chi connectivity index (χ4v) is 3.66. The SMILES string of the molecule is CCC(=O)c1ccc(OCC(=O)NCc2ccc(CN3CCCCCC3)cc2)cc1. The van der Waals surface area contributed by atoms with Gasteiger partial charge < -0.3 is 10.1 Å². The summed E-state index contributed by atoms with van der Waals surface area (Å²) in [6.45, 7) is 5.65. The predicted octanol–water partition coefficient (Wildman–Crippen LogP) is 4.35. The number of ketones is 1. The van der Waals surface area contributed by atoms with E-state index in [0.29, 0.717) is 24.3 Å². The molecule has 2 aromatic rings. The number of benzene rings is 2. The highest BCUT2D eigenvalue weighted by Crippen LogP contribution is 2.15. The molecular formula is C25H32N2O3. The summed E-state index contributed by atoms with van der Waals surface area (Å²) in [7, 11) is 0. The lowest BCUT2D eigenvalue weighted by atomic mass is 10.1. The van der Waals surface area contributed by atoms with Crippen LogP contribution in [0.5, 0.6) is 5.75 Å². The number of nitrogens with one attached hydrogen (secondary N) is 1. The van der Waals surface area contributed by atoms with E-state index in [1.165, 1.54) is 44.3 Å². The second kappa shape index (κ2) is 11.5. The number of nitrogens with zero attached hydrogens (tertiary/aromatic N) is 1. The Labute approximate surface area is 179 Å². The Morgan fingerprint density at radius 2 is 1.53 bits per heavy atom. The third-order valence-electron chi connectivity index (χ3n) is 5.48. The van der Waals surface area contributed by atoms with Gasteiger partial charge in [0.1, 0.15) is 5.75 Å². The summed E-state index contributed by atoms with van der Waals surface area (Å²) in [6, 6.07) is 15.4. The summed E-state index contributed by atoms with van der Waals surface area (Å²) < 4.78 is 5.51. The molecule has 5 nitrogen and oxygen atoms in total. The number of hydrogen-bond donors (Lipinski definition) is 1. The molecule has 160 valence electrons. The molecule has 1 N–H and O–H groups in total. The van der Waals surface area contributed by atoms with Gasteiger partial charge in [0.05, 0.1) is 0 Å². The average Bonchev–Trinajstić information content (AvgIpc) is 3.05. The molecule has 0 atom stereocenters. The fraction of sp³-hybridized carbons (Fsp3) is 0.440. The minimum Gasteiger partial charge on any atom is -0.484 e. The third kappa shape index (κ3) is 6.99. The topological polar surface area (TPSA) is 58.6 Å². The van der Waals surface area contributed by atoms with Crippen LogP contribution in [0.2, 0.25) is 0 Å². The van der Waals surface area contributed by atoms with E-state index in [0.717, 1.165) is 12.1 Å². The van der Waals surface area contributed by atoms with Crippen LogP contribution in [0.15, 0.2) is 48.5 Å². The first-order chi connectivity index (χ1) is 14.6. The zero-order valence-electron chi connectivity index (χ0n) is 17.9. The van der Waals surface area contributed by atoms with Crippen LogP contribution in [-0.2, 0) is 17.9 Å².